The number of benzene rings is 1. The molecular weight excluding hydrogens is 290 g/mol. The van der Waals surface area contributed by atoms with Gasteiger partial charge in [0.15, 0.2) is 0 Å². The molecule has 6 heteroatoms. The van der Waals surface area contributed by atoms with Crippen LogP contribution < -0.4 is 15.4 Å². The van der Waals surface area contributed by atoms with Crippen LogP contribution >= 0.6 is 11.6 Å². The topological polar surface area (TPSA) is 53.6 Å². The molecule has 0 heterocycles. The summed E-state index contributed by atoms with van der Waals surface area (Å²) in [6, 6.07) is 4.96. The summed E-state index contributed by atoms with van der Waals surface area (Å²) in [4.78, 5) is 14.0. The molecule has 0 unspecified atom stereocenters. The van der Waals surface area contributed by atoms with Crippen LogP contribution in [0, 0.1) is 0 Å². The lowest BCUT2D eigenvalue weighted by atomic mass is 10.3. The molecule has 2 amide bonds. The van der Waals surface area contributed by atoms with E-state index in [-0.39, 0.29) is 6.03 Å². The third-order valence-corrected chi connectivity index (χ3v) is 3.39. The minimum absolute atomic E-state index is 0.234. The molecule has 0 aliphatic rings. The smallest absolute Gasteiger partial charge is 0.319 e. The lowest BCUT2D eigenvalue weighted by molar-refractivity contribution is 0.248. The van der Waals surface area contributed by atoms with Crippen LogP contribution in [-0.2, 0) is 0 Å². The van der Waals surface area contributed by atoms with Crippen molar-refractivity contribution in [2.24, 2.45) is 0 Å². The van der Waals surface area contributed by atoms with Crippen LogP contribution in [0.25, 0.3) is 0 Å². The van der Waals surface area contributed by atoms with Crippen molar-refractivity contribution in [3.05, 3.63) is 23.2 Å². The van der Waals surface area contributed by atoms with Crippen molar-refractivity contribution in [1.82, 2.24) is 10.2 Å². The Labute approximate surface area is 131 Å². The first kappa shape index (κ1) is 17.6. The Morgan fingerprint density at radius 3 is 2.57 bits per heavy atom. The number of rotatable bonds is 8. The van der Waals surface area contributed by atoms with Gasteiger partial charge in [-0.1, -0.05) is 25.4 Å². The Morgan fingerprint density at radius 2 is 2.00 bits per heavy atom. The van der Waals surface area contributed by atoms with Gasteiger partial charge in [0, 0.05) is 18.8 Å². The molecule has 0 aromatic heterocycles. The fourth-order valence-electron chi connectivity index (χ4n) is 1.89. The van der Waals surface area contributed by atoms with Crippen LogP contribution in [0.15, 0.2) is 18.2 Å². The predicted molar refractivity (Wildman–Crippen MR) is 87.4 cm³/mol. The molecule has 2 N–H and O–H groups in total. The van der Waals surface area contributed by atoms with E-state index in [2.05, 4.69) is 29.4 Å². The molecule has 1 aromatic carbocycles. The van der Waals surface area contributed by atoms with Crippen LogP contribution in [0.4, 0.5) is 10.5 Å². The number of carbonyl (C=O) groups is 1. The van der Waals surface area contributed by atoms with Crippen LogP contribution in [-0.4, -0.2) is 43.7 Å². The Kier molecular flexibility index (Phi) is 7.93. The molecule has 118 valence electrons. The number of carbonyl (C=O) groups excluding carboxylic acids is 1. The third kappa shape index (κ3) is 6.23. The summed E-state index contributed by atoms with van der Waals surface area (Å²) in [5.74, 6) is 0.617. The molecule has 0 atom stereocenters. The zero-order chi connectivity index (χ0) is 15.7. The van der Waals surface area contributed by atoms with Gasteiger partial charge in [0.1, 0.15) is 5.75 Å². The number of likely N-dealkylation sites (N-methyl/N-ethyl adjacent to an activating group) is 1. The van der Waals surface area contributed by atoms with E-state index in [1.807, 2.05) is 6.92 Å². The summed E-state index contributed by atoms with van der Waals surface area (Å²) >= 11 is 6.07. The number of ether oxygens (including phenoxy) is 1. The van der Waals surface area contributed by atoms with Crippen molar-refractivity contribution in [1.29, 1.82) is 0 Å². The van der Waals surface area contributed by atoms with Crippen molar-refractivity contribution in [2.75, 3.05) is 38.1 Å². The molecule has 0 spiro atoms. The number of anilines is 1. The second-order valence-electron chi connectivity index (χ2n) is 4.49. The maximum atomic E-state index is 11.8. The van der Waals surface area contributed by atoms with Gasteiger partial charge < -0.3 is 20.3 Å². The molecule has 5 nitrogen and oxygen atoms in total. The summed E-state index contributed by atoms with van der Waals surface area (Å²) in [6.45, 7) is 10.1. The fraction of sp³-hybridized carbons (Fsp3) is 0.533. The fourth-order valence-corrected chi connectivity index (χ4v) is 2.13. The SMILES string of the molecule is CCOc1ccc(NC(=O)NCCN(CC)CC)cc1Cl. The van der Waals surface area contributed by atoms with Gasteiger partial charge in [0.25, 0.3) is 0 Å². The second kappa shape index (κ2) is 9.47. The van der Waals surface area contributed by atoms with Gasteiger partial charge >= 0.3 is 6.03 Å². The zero-order valence-electron chi connectivity index (χ0n) is 12.9. The van der Waals surface area contributed by atoms with E-state index >= 15 is 0 Å². The van der Waals surface area contributed by atoms with E-state index in [0.29, 0.717) is 29.6 Å². The summed E-state index contributed by atoms with van der Waals surface area (Å²) in [6.07, 6.45) is 0. The molecule has 0 aliphatic carbocycles. The average Bonchev–Trinajstić information content (AvgIpc) is 2.46. The normalized spacial score (nSPS) is 10.5. The lowest BCUT2D eigenvalue weighted by Gasteiger charge is -2.18. The highest BCUT2D eigenvalue weighted by Gasteiger charge is 2.06. The van der Waals surface area contributed by atoms with E-state index < -0.39 is 0 Å². The van der Waals surface area contributed by atoms with Gasteiger partial charge in [-0.3, -0.25) is 0 Å². The molecule has 21 heavy (non-hydrogen) atoms. The van der Waals surface area contributed by atoms with Crippen LogP contribution in [0.2, 0.25) is 5.02 Å². The third-order valence-electron chi connectivity index (χ3n) is 3.10. The number of hydrogen-bond donors (Lipinski definition) is 2. The largest absolute Gasteiger partial charge is 0.492 e. The summed E-state index contributed by atoms with van der Waals surface area (Å²) in [5, 5.41) is 6.06. The highest BCUT2D eigenvalue weighted by Crippen LogP contribution is 2.27. The van der Waals surface area contributed by atoms with Gasteiger partial charge in [-0.25, -0.2) is 4.79 Å². The molecule has 1 rings (SSSR count). The first-order chi connectivity index (χ1) is 10.1. The standard InChI is InChI=1S/C15H24ClN3O2/c1-4-19(5-2)10-9-17-15(20)18-12-7-8-14(21-6-3)13(16)11-12/h7-8,11H,4-6,9-10H2,1-3H3,(H2,17,18,20). The predicted octanol–water partition coefficient (Wildman–Crippen LogP) is 3.20. The second-order valence-corrected chi connectivity index (χ2v) is 4.89. The van der Waals surface area contributed by atoms with E-state index in [1.54, 1.807) is 18.2 Å². The summed E-state index contributed by atoms with van der Waals surface area (Å²) in [5.41, 5.74) is 0.642. The zero-order valence-corrected chi connectivity index (χ0v) is 13.7. The lowest BCUT2D eigenvalue weighted by Crippen LogP contribution is -2.36. The number of hydrogen-bond acceptors (Lipinski definition) is 3. The van der Waals surface area contributed by atoms with Crippen LogP contribution in [0.1, 0.15) is 20.8 Å². The van der Waals surface area contributed by atoms with Crippen molar-refractivity contribution in [3.8, 4) is 5.75 Å². The van der Waals surface area contributed by atoms with Gasteiger partial charge in [0.2, 0.25) is 0 Å². The highest BCUT2D eigenvalue weighted by molar-refractivity contribution is 6.32. The highest BCUT2D eigenvalue weighted by atomic mass is 35.5. The first-order valence-corrected chi connectivity index (χ1v) is 7.68. The summed E-state index contributed by atoms with van der Waals surface area (Å²) in [7, 11) is 0. The summed E-state index contributed by atoms with van der Waals surface area (Å²) < 4.78 is 5.35. The monoisotopic (exact) mass is 313 g/mol. The molecule has 0 bridgehead atoms. The maximum absolute atomic E-state index is 11.8. The number of nitrogens with zero attached hydrogens (tertiary/aromatic N) is 1. The van der Waals surface area contributed by atoms with E-state index in [1.165, 1.54) is 0 Å². The van der Waals surface area contributed by atoms with Crippen molar-refractivity contribution >= 4 is 23.3 Å². The quantitative estimate of drug-likeness (QED) is 0.775. The molecule has 0 fully saturated rings. The molecule has 0 saturated carbocycles. The Bertz CT molecular complexity index is 451. The van der Waals surface area contributed by atoms with Gasteiger partial charge in [-0.2, -0.15) is 0 Å². The number of amides is 2. The minimum Gasteiger partial charge on any atom is -0.492 e. The average molecular weight is 314 g/mol. The number of urea groups is 1. The van der Waals surface area contributed by atoms with Crippen LogP contribution in [0.5, 0.6) is 5.75 Å². The Balaban J connectivity index is 2.42. The Hall–Kier alpha value is -1.46. The van der Waals surface area contributed by atoms with Gasteiger partial charge in [-0.05, 0) is 38.2 Å². The molecular formula is C15H24ClN3O2. The molecule has 0 radical (unpaired) electrons. The number of nitrogens with one attached hydrogen (secondary N) is 2. The maximum Gasteiger partial charge on any atom is 0.319 e. The molecule has 1 aromatic rings. The van der Waals surface area contributed by atoms with Crippen molar-refractivity contribution in [2.45, 2.75) is 20.8 Å². The Morgan fingerprint density at radius 1 is 1.29 bits per heavy atom. The van der Waals surface area contributed by atoms with E-state index in [4.69, 9.17) is 16.3 Å². The number of halogens is 1. The van der Waals surface area contributed by atoms with Crippen molar-refractivity contribution in [3.63, 3.8) is 0 Å². The first-order valence-electron chi connectivity index (χ1n) is 7.30. The van der Waals surface area contributed by atoms with Crippen LogP contribution in [0.3, 0.4) is 0 Å². The van der Waals surface area contributed by atoms with E-state index in [0.717, 1.165) is 19.6 Å². The van der Waals surface area contributed by atoms with E-state index in [9.17, 15) is 4.79 Å². The molecule has 0 aliphatic heterocycles. The van der Waals surface area contributed by atoms with Crippen molar-refractivity contribution < 1.29 is 9.53 Å². The minimum atomic E-state index is -0.234. The molecule has 0 saturated heterocycles. The van der Waals surface area contributed by atoms with Gasteiger partial charge in [0.05, 0.1) is 11.6 Å². The van der Waals surface area contributed by atoms with Gasteiger partial charge in [-0.15, -0.1) is 0 Å².